The van der Waals surface area contributed by atoms with Gasteiger partial charge >= 0.3 is 5.97 Å². The Bertz CT molecular complexity index is 308. The lowest BCUT2D eigenvalue weighted by Gasteiger charge is -2.36. The standard InChI is InChI=1S/C12H22N2O4/c1-8(15)13-9(12(17)18)7-14(2)10-5-3-4-6-11(10)16/h9-11,16H,3-7H2,1-2H3,(H,13,15)(H,17,18). The van der Waals surface area contributed by atoms with Gasteiger partial charge in [0.1, 0.15) is 6.04 Å². The Kier molecular flexibility index (Phi) is 5.55. The summed E-state index contributed by atoms with van der Waals surface area (Å²) in [5, 5.41) is 21.3. The third-order valence-corrected chi connectivity index (χ3v) is 3.41. The Labute approximate surface area is 107 Å². The molecule has 3 unspecified atom stereocenters. The molecule has 3 atom stereocenters. The summed E-state index contributed by atoms with van der Waals surface area (Å²) in [7, 11) is 1.79. The number of amides is 1. The van der Waals surface area contributed by atoms with E-state index < -0.39 is 18.1 Å². The van der Waals surface area contributed by atoms with E-state index in [2.05, 4.69) is 5.32 Å². The van der Waals surface area contributed by atoms with Gasteiger partial charge in [-0.1, -0.05) is 12.8 Å². The second kappa shape index (κ2) is 6.70. The molecule has 1 aliphatic rings. The van der Waals surface area contributed by atoms with Crippen LogP contribution in [0, 0.1) is 0 Å². The number of carbonyl (C=O) groups excluding carboxylic acids is 1. The smallest absolute Gasteiger partial charge is 0.327 e. The van der Waals surface area contributed by atoms with E-state index in [9.17, 15) is 14.7 Å². The number of hydrogen-bond acceptors (Lipinski definition) is 4. The highest BCUT2D eigenvalue weighted by Crippen LogP contribution is 2.22. The fraction of sp³-hybridized carbons (Fsp3) is 0.833. The first-order chi connectivity index (χ1) is 8.41. The van der Waals surface area contributed by atoms with E-state index in [4.69, 9.17) is 5.11 Å². The number of aliphatic hydroxyl groups is 1. The van der Waals surface area contributed by atoms with Crippen LogP contribution in [0.1, 0.15) is 32.6 Å². The Hall–Kier alpha value is -1.14. The molecule has 0 aromatic carbocycles. The van der Waals surface area contributed by atoms with Crippen LogP contribution in [0.3, 0.4) is 0 Å². The molecule has 0 aliphatic heterocycles. The summed E-state index contributed by atoms with van der Waals surface area (Å²) in [6, 6.07) is -0.948. The van der Waals surface area contributed by atoms with Gasteiger partial charge in [0, 0.05) is 19.5 Å². The fourth-order valence-corrected chi connectivity index (χ4v) is 2.46. The van der Waals surface area contributed by atoms with Crippen LogP contribution in [-0.4, -0.2) is 58.8 Å². The lowest BCUT2D eigenvalue weighted by atomic mass is 9.91. The zero-order chi connectivity index (χ0) is 13.7. The highest BCUT2D eigenvalue weighted by molar-refractivity contribution is 5.82. The second-order valence-corrected chi connectivity index (χ2v) is 4.95. The third-order valence-electron chi connectivity index (χ3n) is 3.41. The minimum atomic E-state index is -1.05. The Balaban J connectivity index is 2.56. The van der Waals surface area contributed by atoms with E-state index in [-0.39, 0.29) is 18.5 Å². The van der Waals surface area contributed by atoms with Crippen LogP contribution >= 0.6 is 0 Å². The monoisotopic (exact) mass is 258 g/mol. The molecule has 1 fully saturated rings. The van der Waals surface area contributed by atoms with Gasteiger partial charge in [-0.15, -0.1) is 0 Å². The number of nitrogens with one attached hydrogen (secondary N) is 1. The van der Waals surface area contributed by atoms with Crippen molar-refractivity contribution in [1.29, 1.82) is 0 Å². The van der Waals surface area contributed by atoms with Crippen LogP contribution in [0.2, 0.25) is 0 Å². The van der Waals surface area contributed by atoms with Crippen molar-refractivity contribution in [3.63, 3.8) is 0 Å². The predicted molar refractivity (Wildman–Crippen MR) is 66.1 cm³/mol. The van der Waals surface area contributed by atoms with Crippen LogP contribution in [0.5, 0.6) is 0 Å². The molecular formula is C12H22N2O4. The molecule has 1 rings (SSSR count). The van der Waals surface area contributed by atoms with Crippen LogP contribution in [0.25, 0.3) is 0 Å². The third kappa shape index (κ3) is 4.27. The van der Waals surface area contributed by atoms with Crippen molar-refractivity contribution >= 4 is 11.9 Å². The van der Waals surface area contributed by atoms with E-state index >= 15 is 0 Å². The lowest BCUT2D eigenvalue weighted by Crippen LogP contribution is -2.52. The number of carboxylic acid groups (broad SMARTS) is 1. The van der Waals surface area contributed by atoms with Crippen molar-refractivity contribution in [2.45, 2.75) is 50.8 Å². The highest BCUT2D eigenvalue weighted by Gasteiger charge is 2.29. The maximum atomic E-state index is 11.0. The van der Waals surface area contributed by atoms with Crippen molar-refractivity contribution in [2.24, 2.45) is 0 Å². The van der Waals surface area contributed by atoms with E-state index in [0.29, 0.717) is 0 Å². The van der Waals surface area contributed by atoms with Gasteiger partial charge in [0.2, 0.25) is 5.91 Å². The van der Waals surface area contributed by atoms with Crippen molar-refractivity contribution in [3.8, 4) is 0 Å². The maximum Gasteiger partial charge on any atom is 0.327 e. The number of hydrogen-bond donors (Lipinski definition) is 3. The van der Waals surface area contributed by atoms with E-state index in [1.54, 1.807) is 7.05 Å². The van der Waals surface area contributed by atoms with Crippen molar-refractivity contribution in [2.75, 3.05) is 13.6 Å². The zero-order valence-electron chi connectivity index (χ0n) is 10.9. The molecule has 1 amide bonds. The Morgan fingerprint density at radius 3 is 2.50 bits per heavy atom. The van der Waals surface area contributed by atoms with E-state index in [1.807, 2.05) is 4.90 Å². The SMILES string of the molecule is CC(=O)NC(CN(C)C1CCCCC1O)C(=O)O. The van der Waals surface area contributed by atoms with E-state index in [0.717, 1.165) is 25.7 Å². The second-order valence-electron chi connectivity index (χ2n) is 4.95. The average molecular weight is 258 g/mol. The molecule has 6 heteroatoms. The number of aliphatic carboxylic acids is 1. The van der Waals surface area contributed by atoms with Crippen LogP contribution in [-0.2, 0) is 9.59 Å². The molecule has 6 nitrogen and oxygen atoms in total. The minimum Gasteiger partial charge on any atom is -0.480 e. The Morgan fingerprint density at radius 2 is 2.00 bits per heavy atom. The van der Waals surface area contributed by atoms with E-state index in [1.165, 1.54) is 6.92 Å². The molecule has 1 aliphatic carbocycles. The number of carboxylic acids is 1. The lowest BCUT2D eigenvalue weighted by molar-refractivity contribution is -0.142. The summed E-state index contributed by atoms with van der Waals surface area (Å²) in [6.45, 7) is 1.50. The number of carbonyl (C=O) groups is 2. The van der Waals surface area contributed by atoms with Crippen molar-refractivity contribution < 1.29 is 19.8 Å². The quantitative estimate of drug-likeness (QED) is 0.636. The van der Waals surface area contributed by atoms with Crippen molar-refractivity contribution in [1.82, 2.24) is 10.2 Å². The van der Waals surface area contributed by atoms with Gasteiger partial charge in [0.15, 0.2) is 0 Å². The molecule has 18 heavy (non-hydrogen) atoms. The topological polar surface area (TPSA) is 89.9 Å². The molecule has 104 valence electrons. The molecule has 0 radical (unpaired) electrons. The van der Waals surface area contributed by atoms with Gasteiger partial charge in [0.25, 0.3) is 0 Å². The minimum absolute atomic E-state index is 0.0191. The van der Waals surface area contributed by atoms with Crippen molar-refractivity contribution in [3.05, 3.63) is 0 Å². The van der Waals surface area contributed by atoms with Gasteiger partial charge in [-0.25, -0.2) is 4.79 Å². The van der Waals surface area contributed by atoms with Crippen LogP contribution < -0.4 is 5.32 Å². The van der Waals surface area contributed by atoms with Gasteiger partial charge in [-0.3, -0.25) is 9.69 Å². The summed E-state index contributed by atoms with van der Waals surface area (Å²) < 4.78 is 0. The molecule has 0 saturated heterocycles. The first-order valence-corrected chi connectivity index (χ1v) is 6.30. The van der Waals surface area contributed by atoms with Gasteiger partial charge in [-0.2, -0.15) is 0 Å². The number of nitrogens with zero attached hydrogens (tertiary/aromatic N) is 1. The molecule has 3 N–H and O–H groups in total. The summed E-state index contributed by atoms with van der Waals surface area (Å²) in [5.41, 5.74) is 0. The average Bonchev–Trinajstić information content (AvgIpc) is 2.27. The summed E-state index contributed by atoms with van der Waals surface area (Å²) in [6.07, 6.45) is 3.27. The largest absolute Gasteiger partial charge is 0.480 e. The molecule has 1 saturated carbocycles. The first-order valence-electron chi connectivity index (χ1n) is 6.30. The van der Waals surface area contributed by atoms with Crippen LogP contribution in [0.15, 0.2) is 0 Å². The molecule has 0 aromatic heterocycles. The summed E-state index contributed by atoms with van der Waals surface area (Å²) >= 11 is 0. The predicted octanol–water partition coefficient (Wildman–Crippen LogP) is -0.189. The first kappa shape index (κ1) is 14.9. The van der Waals surface area contributed by atoms with Gasteiger partial charge in [0.05, 0.1) is 6.10 Å². The normalized spacial score (nSPS) is 25.8. The molecule has 0 heterocycles. The summed E-state index contributed by atoms with van der Waals surface area (Å²) in [5.74, 6) is -1.41. The zero-order valence-corrected chi connectivity index (χ0v) is 10.9. The number of rotatable bonds is 5. The number of likely N-dealkylation sites (N-methyl/N-ethyl adjacent to an activating group) is 1. The molecule has 0 spiro atoms. The molecular weight excluding hydrogens is 236 g/mol. The van der Waals surface area contributed by atoms with Crippen LogP contribution in [0.4, 0.5) is 0 Å². The summed E-state index contributed by atoms with van der Waals surface area (Å²) in [4.78, 5) is 23.8. The molecule has 0 bridgehead atoms. The Morgan fingerprint density at radius 1 is 1.39 bits per heavy atom. The van der Waals surface area contributed by atoms with Gasteiger partial charge in [-0.05, 0) is 19.9 Å². The number of aliphatic hydroxyl groups excluding tert-OH is 1. The van der Waals surface area contributed by atoms with Gasteiger partial charge < -0.3 is 15.5 Å². The highest BCUT2D eigenvalue weighted by atomic mass is 16.4. The fourth-order valence-electron chi connectivity index (χ4n) is 2.46. The molecule has 0 aromatic rings. The maximum absolute atomic E-state index is 11.0.